The Bertz CT molecular complexity index is 434. The molecule has 0 aliphatic carbocycles. The van der Waals surface area contributed by atoms with Crippen LogP contribution in [0.1, 0.15) is 13.8 Å². The van der Waals surface area contributed by atoms with Crippen LogP contribution in [0.2, 0.25) is 0 Å². The molecule has 0 saturated heterocycles. The second-order valence-electron chi connectivity index (χ2n) is 3.22. The van der Waals surface area contributed by atoms with E-state index in [1.54, 1.807) is 0 Å². The van der Waals surface area contributed by atoms with Gasteiger partial charge in [-0.1, -0.05) is 13.8 Å². The molecule has 0 amide bonds. The van der Waals surface area contributed by atoms with Crippen molar-refractivity contribution >= 4 is 17.3 Å². The Morgan fingerprint density at radius 3 is 2.54 bits per heavy atom. The molecule has 0 saturated carbocycles. The van der Waals surface area contributed by atoms with E-state index in [0.29, 0.717) is 12.5 Å². The summed E-state index contributed by atoms with van der Waals surface area (Å²) in [5.74, 6) is 0.312. The molecule has 0 spiro atoms. The summed E-state index contributed by atoms with van der Waals surface area (Å²) >= 11 is -2.12. The Morgan fingerprint density at radius 2 is 2.08 bits per heavy atom. The summed E-state index contributed by atoms with van der Waals surface area (Å²) in [5.41, 5.74) is -1.41. The normalized spacial score (nSPS) is 14.5. The van der Waals surface area contributed by atoms with Crippen molar-refractivity contribution in [2.75, 3.05) is 11.9 Å². The van der Waals surface area contributed by atoms with Crippen molar-refractivity contribution in [2.24, 2.45) is 5.92 Å². The number of rotatable bonds is 4. The number of hydrogen-bond donors (Lipinski definition) is 2. The monoisotopic (exact) mass is 203 g/mol. The van der Waals surface area contributed by atoms with Crippen LogP contribution in [-0.4, -0.2) is 11.9 Å². The van der Waals surface area contributed by atoms with Crippen molar-refractivity contribution in [3.63, 3.8) is 0 Å². The van der Waals surface area contributed by atoms with Crippen molar-refractivity contribution in [1.29, 1.82) is 1.12 Å². The molecule has 1 aromatic carbocycles. The third kappa shape index (κ3) is 1.85. The topological polar surface area (TPSA) is 63.2 Å². The molecule has 1 N–H and O–H groups in total. The molecule has 0 aliphatic heterocycles. The van der Waals surface area contributed by atoms with E-state index in [2.05, 4.69) is 5.32 Å². The average molecular weight is 203 g/mol. The van der Waals surface area contributed by atoms with Crippen molar-refractivity contribution in [3.05, 3.63) is 20.4 Å². The molecular weight excluding hydrogens is 190 g/mol. The van der Waals surface area contributed by atoms with E-state index >= 15 is 0 Å². The molecular formula is C8H11NO3S. The molecule has 1 rings (SSSR count). The van der Waals surface area contributed by atoms with Gasteiger partial charge in [-0.15, -0.1) is 0 Å². The Balaban J connectivity index is 2.88. The second kappa shape index (κ2) is 3.83. The number of anilines is 1. The summed E-state index contributed by atoms with van der Waals surface area (Å²) in [6, 6.07) is 0. The Hall–Kier alpha value is -0.970. The Morgan fingerprint density at radius 1 is 1.46 bits per heavy atom. The van der Waals surface area contributed by atoms with Gasteiger partial charge in [0.05, 0.1) is 0 Å². The van der Waals surface area contributed by atoms with Crippen molar-refractivity contribution in [3.8, 4) is 0 Å². The van der Waals surface area contributed by atoms with E-state index in [9.17, 15) is 13.8 Å². The Labute approximate surface area is 80.2 Å². The lowest BCUT2D eigenvalue weighted by Crippen LogP contribution is -2.37. The van der Waals surface area contributed by atoms with Crippen molar-refractivity contribution in [1.82, 2.24) is 0 Å². The lowest BCUT2D eigenvalue weighted by molar-refractivity contribution is 0.682. The van der Waals surface area contributed by atoms with E-state index in [0.717, 1.165) is 0 Å². The van der Waals surface area contributed by atoms with Crippen molar-refractivity contribution < 1.29 is 4.21 Å². The fourth-order valence-electron chi connectivity index (χ4n) is 0.917. The molecule has 0 aliphatic rings. The molecule has 0 fully saturated rings. The lowest BCUT2D eigenvalue weighted by atomic mass is 10.2. The van der Waals surface area contributed by atoms with E-state index in [1.807, 2.05) is 13.8 Å². The largest absolute Gasteiger partial charge is 0.380 e. The summed E-state index contributed by atoms with van der Waals surface area (Å²) in [7, 11) is 0. The first-order valence-corrected chi connectivity index (χ1v) is 4.69. The van der Waals surface area contributed by atoms with Gasteiger partial charge in [0.2, 0.25) is 5.43 Å². The van der Waals surface area contributed by atoms with Gasteiger partial charge in [0.15, 0.2) is 0 Å². The predicted molar refractivity (Wildman–Crippen MR) is 52.5 cm³/mol. The van der Waals surface area contributed by atoms with Crippen LogP contribution in [0.3, 0.4) is 0 Å². The molecule has 1 aromatic rings. The van der Waals surface area contributed by atoms with E-state index < -0.39 is 22.4 Å². The van der Waals surface area contributed by atoms with Gasteiger partial charge in [0, 0.05) is 18.1 Å². The molecule has 0 heterocycles. The summed E-state index contributed by atoms with van der Waals surface area (Å²) in [6.45, 7) is 4.40. The molecule has 13 heavy (non-hydrogen) atoms. The summed E-state index contributed by atoms with van der Waals surface area (Å²) in [5, 5.41) is 2.73. The lowest BCUT2D eigenvalue weighted by Gasteiger charge is -2.10. The fraction of sp³-hybridized carbons (Fsp3) is 0.500. The molecule has 4 nitrogen and oxygen atoms in total. The number of thiol groups is 1. The Kier molecular flexibility index (Phi) is 2.54. The predicted octanol–water partition coefficient (Wildman–Crippen LogP) is -0.345. The van der Waals surface area contributed by atoms with E-state index in [4.69, 9.17) is 1.12 Å². The summed E-state index contributed by atoms with van der Waals surface area (Å²) in [4.78, 5) is 21.7. The van der Waals surface area contributed by atoms with Crippen LogP contribution < -0.4 is 16.2 Å². The SMILES string of the molecule is [3H]S(=O)c1c(NCC(C)C)c(=O)c1=O. The minimum atomic E-state index is -2.12. The number of hydrogen-bond acceptors (Lipinski definition) is 4. The minimum absolute atomic E-state index is 0.0528. The van der Waals surface area contributed by atoms with Gasteiger partial charge in [-0.05, 0) is 5.92 Å². The first-order valence-electron chi connectivity index (χ1n) is 4.35. The van der Waals surface area contributed by atoms with Crippen LogP contribution >= 0.6 is 0 Å². The molecule has 0 aromatic heterocycles. The maximum Gasteiger partial charge on any atom is 0.251 e. The van der Waals surface area contributed by atoms with Gasteiger partial charge >= 0.3 is 0 Å². The minimum Gasteiger partial charge on any atom is -0.380 e. The zero-order valence-corrected chi connectivity index (χ0v) is 8.23. The highest BCUT2D eigenvalue weighted by Gasteiger charge is 2.19. The molecule has 1 unspecified atom stereocenters. The highest BCUT2D eigenvalue weighted by Crippen LogP contribution is 2.07. The van der Waals surface area contributed by atoms with Crippen LogP contribution in [0.4, 0.5) is 5.69 Å². The van der Waals surface area contributed by atoms with Gasteiger partial charge in [-0.3, -0.25) is 13.8 Å². The van der Waals surface area contributed by atoms with Gasteiger partial charge < -0.3 is 5.32 Å². The third-order valence-corrected chi connectivity index (χ3v) is 2.19. The quantitative estimate of drug-likeness (QED) is 0.519. The smallest absolute Gasteiger partial charge is 0.251 e. The van der Waals surface area contributed by atoms with E-state index in [1.165, 1.54) is 0 Å². The zero-order chi connectivity index (χ0) is 10.9. The average Bonchev–Trinajstić information content (AvgIpc) is 2.09. The molecule has 0 radical (unpaired) electrons. The highest BCUT2D eigenvalue weighted by atomic mass is 32.1. The van der Waals surface area contributed by atoms with Crippen molar-refractivity contribution in [2.45, 2.75) is 18.7 Å². The molecule has 1 atom stereocenters. The zero-order valence-electron chi connectivity index (χ0n) is 8.42. The van der Waals surface area contributed by atoms with Crippen LogP contribution in [-0.2, 0) is 11.6 Å². The first kappa shape index (κ1) is 8.62. The van der Waals surface area contributed by atoms with Gasteiger partial charge in [0.25, 0.3) is 5.43 Å². The first-order chi connectivity index (χ1) is 6.45. The molecule has 0 bridgehead atoms. The van der Waals surface area contributed by atoms with Crippen LogP contribution in [0, 0.1) is 5.92 Å². The molecule has 5 heteroatoms. The number of nitrogens with one attached hydrogen (secondary N) is 1. The summed E-state index contributed by atoms with van der Waals surface area (Å²) < 4.78 is 17.6. The third-order valence-electron chi connectivity index (χ3n) is 1.64. The van der Waals surface area contributed by atoms with Crippen LogP contribution in [0.5, 0.6) is 0 Å². The fourth-order valence-corrected chi connectivity index (χ4v) is 1.33. The van der Waals surface area contributed by atoms with Gasteiger partial charge in [-0.25, -0.2) is 0 Å². The van der Waals surface area contributed by atoms with E-state index in [-0.39, 0.29) is 10.6 Å². The maximum absolute atomic E-state index is 11.0. The highest BCUT2D eigenvalue weighted by molar-refractivity contribution is 7.66. The van der Waals surface area contributed by atoms with Crippen LogP contribution in [0.15, 0.2) is 14.5 Å². The molecule has 72 valence electrons. The van der Waals surface area contributed by atoms with Crippen LogP contribution in [0.25, 0.3) is 0 Å². The maximum atomic E-state index is 11.0. The van der Waals surface area contributed by atoms with Gasteiger partial charge in [0.1, 0.15) is 11.7 Å². The second-order valence-corrected chi connectivity index (χ2v) is 3.80. The standard InChI is InChI=1S/C8H11NO3S/c1-4(2)3-9-5-6(10)7(11)8(5)13-12/h4,9,13H,3H2,1-2H3/i13T. The van der Waals surface area contributed by atoms with Gasteiger partial charge in [-0.2, -0.15) is 0 Å². The summed E-state index contributed by atoms with van der Waals surface area (Å²) in [6.07, 6.45) is 0.